The molecule has 0 spiro atoms. The summed E-state index contributed by atoms with van der Waals surface area (Å²) in [6.07, 6.45) is 1.82. The Hall–Kier alpha value is -2.14. The Morgan fingerprint density at radius 1 is 1.19 bits per heavy atom. The molecule has 1 aromatic heterocycles. The molecule has 2 aromatic rings. The number of carbonyl (C=O) groups is 1. The van der Waals surface area contributed by atoms with E-state index < -0.39 is 0 Å². The summed E-state index contributed by atoms with van der Waals surface area (Å²) in [6, 6.07) is 11.6. The lowest BCUT2D eigenvalue weighted by atomic mass is 10.1. The molecule has 0 amide bonds. The number of hydrogen-bond donors (Lipinski definition) is 0. The van der Waals surface area contributed by atoms with Crippen LogP contribution in [0.25, 0.3) is 11.3 Å². The van der Waals surface area contributed by atoms with Gasteiger partial charge in [-0.3, -0.25) is 4.68 Å². The van der Waals surface area contributed by atoms with Gasteiger partial charge in [-0.2, -0.15) is 5.10 Å². The van der Waals surface area contributed by atoms with Crippen LogP contribution in [0.3, 0.4) is 0 Å². The predicted octanol–water partition coefficient (Wildman–Crippen LogP) is 2.76. The van der Waals surface area contributed by atoms with Crippen molar-refractivity contribution in [1.82, 2.24) is 9.78 Å². The van der Waals surface area contributed by atoms with E-state index in [1.165, 1.54) is 7.11 Å². The van der Waals surface area contributed by atoms with Gasteiger partial charge in [0, 0.05) is 25.8 Å². The maximum Gasteiger partial charge on any atom is 0.356 e. The van der Waals surface area contributed by atoms with Gasteiger partial charge in [0.2, 0.25) is 0 Å². The average molecular weight is 288 g/mol. The van der Waals surface area contributed by atoms with Crippen LogP contribution in [0.5, 0.6) is 0 Å². The van der Waals surface area contributed by atoms with Gasteiger partial charge < -0.3 is 9.47 Å². The first-order chi connectivity index (χ1) is 10.3. The molecule has 0 aliphatic carbocycles. The quantitative estimate of drug-likeness (QED) is 0.580. The topological polar surface area (TPSA) is 53.4 Å². The highest BCUT2D eigenvalue weighted by Gasteiger charge is 2.16. The number of methoxy groups -OCH3 is 2. The zero-order chi connectivity index (χ0) is 15.1. The second kappa shape index (κ2) is 7.59. The van der Waals surface area contributed by atoms with Crippen LogP contribution in [-0.2, 0) is 16.0 Å². The van der Waals surface area contributed by atoms with Gasteiger partial charge >= 0.3 is 5.97 Å². The first-order valence-corrected chi connectivity index (χ1v) is 6.96. The van der Waals surface area contributed by atoms with E-state index in [4.69, 9.17) is 9.47 Å². The first-order valence-electron chi connectivity index (χ1n) is 6.96. The minimum atomic E-state index is -0.364. The van der Waals surface area contributed by atoms with Crippen molar-refractivity contribution in [2.24, 2.45) is 0 Å². The number of rotatable bonds is 7. The summed E-state index contributed by atoms with van der Waals surface area (Å²) >= 11 is 0. The van der Waals surface area contributed by atoms with Crippen LogP contribution in [0.2, 0.25) is 0 Å². The molecule has 5 heteroatoms. The second-order valence-corrected chi connectivity index (χ2v) is 4.70. The largest absolute Gasteiger partial charge is 0.464 e. The van der Waals surface area contributed by atoms with Crippen molar-refractivity contribution in [1.29, 1.82) is 0 Å². The van der Waals surface area contributed by atoms with Crippen molar-refractivity contribution >= 4 is 5.97 Å². The Morgan fingerprint density at radius 2 is 1.95 bits per heavy atom. The monoisotopic (exact) mass is 288 g/mol. The van der Waals surface area contributed by atoms with Crippen molar-refractivity contribution in [3.63, 3.8) is 0 Å². The lowest BCUT2D eigenvalue weighted by molar-refractivity contribution is 0.0586. The number of aromatic nitrogens is 2. The van der Waals surface area contributed by atoms with Crippen LogP contribution >= 0.6 is 0 Å². The molecule has 1 aromatic carbocycles. The fourth-order valence-electron chi connectivity index (χ4n) is 2.11. The number of hydrogen-bond acceptors (Lipinski definition) is 4. The molecule has 0 bridgehead atoms. The van der Waals surface area contributed by atoms with E-state index in [-0.39, 0.29) is 5.97 Å². The Bertz CT molecular complexity index is 578. The van der Waals surface area contributed by atoms with Gasteiger partial charge in [0.25, 0.3) is 0 Å². The highest BCUT2D eigenvalue weighted by Crippen LogP contribution is 2.19. The third-order valence-electron chi connectivity index (χ3n) is 3.21. The van der Waals surface area contributed by atoms with E-state index >= 15 is 0 Å². The summed E-state index contributed by atoms with van der Waals surface area (Å²) in [6.45, 7) is 1.38. The van der Waals surface area contributed by atoms with E-state index in [1.54, 1.807) is 17.9 Å². The molecule has 0 fully saturated rings. The second-order valence-electron chi connectivity index (χ2n) is 4.70. The number of ether oxygens (including phenoxy) is 2. The van der Waals surface area contributed by atoms with Gasteiger partial charge in [0.15, 0.2) is 0 Å². The smallest absolute Gasteiger partial charge is 0.356 e. The Balaban J connectivity index is 2.21. The summed E-state index contributed by atoms with van der Waals surface area (Å²) in [5.41, 5.74) is 2.25. The van der Waals surface area contributed by atoms with Gasteiger partial charge in [-0.1, -0.05) is 30.3 Å². The molecule has 0 radical (unpaired) electrons. The van der Waals surface area contributed by atoms with Crippen molar-refractivity contribution in [2.75, 3.05) is 20.8 Å². The van der Waals surface area contributed by atoms with Crippen LogP contribution in [0.4, 0.5) is 0 Å². The molecule has 21 heavy (non-hydrogen) atoms. The molecule has 0 N–H and O–H groups in total. The minimum Gasteiger partial charge on any atom is -0.464 e. The van der Waals surface area contributed by atoms with Crippen LogP contribution in [0, 0.1) is 0 Å². The molecular weight excluding hydrogens is 268 g/mol. The molecule has 0 atom stereocenters. The SMILES string of the molecule is COCCCCn1nc(-c2ccccc2)cc1C(=O)OC. The average Bonchev–Trinajstić information content (AvgIpc) is 2.96. The lowest BCUT2D eigenvalue weighted by Gasteiger charge is -2.05. The molecule has 0 unspecified atom stereocenters. The number of benzene rings is 1. The number of aryl methyl sites for hydroxylation is 1. The van der Waals surface area contributed by atoms with Crippen molar-refractivity contribution in [3.05, 3.63) is 42.1 Å². The van der Waals surface area contributed by atoms with Crippen LogP contribution in [0.1, 0.15) is 23.3 Å². The zero-order valence-electron chi connectivity index (χ0n) is 12.4. The van der Waals surface area contributed by atoms with Crippen molar-refractivity contribution in [2.45, 2.75) is 19.4 Å². The van der Waals surface area contributed by atoms with Crippen molar-refractivity contribution in [3.8, 4) is 11.3 Å². The molecule has 5 nitrogen and oxygen atoms in total. The van der Waals surface area contributed by atoms with E-state index in [0.29, 0.717) is 18.8 Å². The fourth-order valence-corrected chi connectivity index (χ4v) is 2.11. The highest BCUT2D eigenvalue weighted by atomic mass is 16.5. The van der Waals surface area contributed by atoms with Crippen LogP contribution in [-0.4, -0.2) is 36.6 Å². The summed E-state index contributed by atoms with van der Waals surface area (Å²) in [4.78, 5) is 11.9. The molecular formula is C16H20N2O3. The highest BCUT2D eigenvalue weighted by molar-refractivity contribution is 5.88. The molecule has 0 aliphatic heterocycles. The number of carbonyl (C=O) groups excluding carboxylic acids is 1. The van der Waals surface area contributed by atoms with E-state index in [1.807, 2.05) is 30.3 Å². The molecule has 0 saturated heterocycles. The first kappa shape index (κ1) is 15.3. The zero-order valence-corrected chi connectivity index (χ0v) is 12.4. The summed E-state index contributed by atoms with van der Waals surface area (Å²) in [5.74, 6) is -0.364. The molecule has 0 saturated carbocycles. The van der Waals surface area contributed by atoms with Gasteiger partial charge in [-0.05, 0) is 18.9 Å². The third-order valence-corrected chi connectivity index (χ3v) is 3.21. The Morgan fingerprint density at radius 3 is 2.62 bits per heavy atom. The normalized spacial score (nSPS) is 10.6. The number of esters is 1. The number of nitrogens with zero attached hydrogens (tertiary/aromatic N) is 2. The van der Waals surface area contributed by atoms with E-state index in [0.717, 1.165) is 24.1 Å². The van der Waals surface area contributed by atoms with Crippen LogP contribution < -0.4 is 0 Å². The summed E-state index contributed by atoms with van der Waals surface area (Å²) in [7, 11) is 3.06. The Kier molecular flexibility index (Phi) is 5.51. The van der Waals surface area contributed by atoms with Gasteiger partial charge in [-0.15, -0.1) is 0 Å². The third kappa shape index (κ3) is 3.92. The van der Waals surface area contributed by atoms with E-state index in [2.05, 4.69) is 5.10 Å². The molecule has 1 heterocycles. The van der Waals surface area contributed by atoms with Gasteiger partial charge in [0.05, 0.1) is 12.8 Å². The van der Waals surface area contributed by atoms with E-state index in [9.17, 15) is 4.79 Å². The maximum absolute atomic E-state index is 11.9. The fraction of sp³-hybridized carbons (Fsp3) is 0.375. The molecule has 112 valence electrons. The lowest BCUT2D eigenvalue weighted by Crippen LogP contribution is -2.12. The Labute approximate surface area is 124 Å². The molecule has 0 aliphatic rings. The minimum absolute atomic E-state index is 0.364. The van der Waals surface area contributed by atoms with Gasteiger partial charge in [-0.25, -0.2) is 4.79 Å². The predicted molar refractivity (Wildman–Crippen MR) is 80.1 cm³/mol. The van der Waals surface area contributed by atoms with Crippen molar-refractivity contribution < 1.29 is 14.3 Å². The maximum atomic E-state index is 11.9. The number of unbranched alkanes of at least 4 members (excludes halogenated alkanes) is 1. The molecule has 2 rings (SSSR count). The summed E-state index contributed by atoms with van der Waals surface area (Å²) < 4.78 is 11.6. The standard InChI is InChI=1S/C16H20N2O3/c1-20-11-7-6-10-18-15(16(19)21-2)12-14(17-18)13-8-4-3-5-9-13/h3-5,8-9,12H,6-7,10-11H2,1-2H3. The van der Waals surface area contributed by atoms with Crippen LogP contribution in [0.15, 0.2) is 36.4 Å². The summed E-state index contributed by atoms with van der Waals surface area (Å²) in [5, 5.41) is 4.52. The van der Waals surface area contributed by atoms with Gasteiger partial charge in [0.1, 0.15) is 5.69 Å².